The Hall–Kier alpha value is -1.07. The number of hydrogen-bond donors (Lipinski definition) is 1. The van der Waals surface area contributed by atoms with Gasteiger partial charge in [0.25, 0.3) is 0 Å². The van der Waals surface area contributed by atoms with E-state index >= 15 is 0 Å². The standard InChI is InChI=1S/C13H21NO3S/c1-4-18(16,17)13-7-5-12(6-8-13)14(3)10-9-11(2)15/h5-8,11,15H,4,9-10H2,1-3H3. The molecule has 0 fully saturated rings. The molecule has 0 saturated carbocycles. The highest BCUT2D eigenvalue weighted by atomic mass is 32.2. The molecule has 1 rings (SSSR count). The van der Waals surface area contributed by atoms with Gasteiger partial charge in [0.1, 0.15) is 0 Å². The van der Waals surface area contributed by atoms with Crippen molar-refractivity contribution in [3.05, 3.63) is 24.3 Å². The van der Waals surface area contributed by atoms with E-state index in [9.17, 15) is 13.5 Å². The summed E-state index contributed by atoms with van der Waals surface area (Å²) >= 11 is 0. The largest absolute Gasteiger partial charge is 0.393 e. The fraction of sp³-hybridized carbons (Fsp3) is 0.538. The Morgan fingerprint density at radius 3 is 2.28 bits per heavy atom. The van der Waals surface area contributed by atoms with Crippen LogP contribution in [0.4, 0.5) is 5.69 Å². The average molecular weight is 271 g/mol. The average Bonchev–Trinajstić information content (AvgIpc) is 2.36. The van der Waals surface area contributed by atoms with Crippen LogP contribution in [0.1, 0.15) is 20.3 Å². The SMILES string of the molecule is CCS(=O)(=O)c1ccc(N(C)CCC(C)O)cc1. The number of aliphatic hydroxyl groups excluding tert-OH is 1. The molecule has 18 heavy (non-hydrogen) atoms. The van der Waals surface area contributed by atoms with Crippen molar-refractivity contribution >= 4 is 15.5 Å². The molecule has 102 valence electrons. The normalized spacial score (nSPS) is 13.3. The maximum absolute atomic E-state index is 11.7. The molecule has 0 radical (unpaired) electrons. The van der Waals surface area contributed by atoms with Gasteiger partial charge in [-0.15, -0.1) is 0 Å². The highest BCUT2D eigenvalue weighted by molar-refractivity contribution is 7.91. The molecule has 0 amide bonds. The van der Waals surface area contributed by atoms with Gasteiger partial charge in [-0.25, -0.2) is 8.42 Å². The summed E-state index contributed by atoms with van der Waals surface area (Å²) in [6.45, 7) is 4.13. The van der Waals surface area contributed by atoms with E-state index in [-0.39, 0.29) is 11.9 Å². The fourth-order valence-corrected chi connectivity index (χ4v) is 2.47. The third kappa shape index (κ3) is 3.99. The van der Waals surface area contributed by atoms with Gasteiger partial charge in [-0.3, -0.25) is 0 Å². The highest BCUT2D eigenvalue weighted by Gasteiger charge is 2.11. The van der Waals surface area contributed by atoms with Crippen LogP contribution in [0.15, 0.2) is 29.2 Å². The van der Waals surface area contributed by atoms with Gasteiger partial charge in [0.2, 0.25) is 0 Å². The van der Waals surface area contributed by atoms with Crippen molar-refractivity contribution < 1.29 is 13.5 Å². The molecule has 0 saturated heterocycles. The second-order valence-electron chi connectivity index (χ2n) is 4.46. The first-order valence-electron chi connectivity index (χ1n) is 6.09. The molecule has 1 N–H and O–H groups in total. The zero-order chi connectivity index (χ0) is 13.8. The summed E-state index contributed by atoms with van der Waals surface area (Å²) in [6, 6.07) is 6.86. The zero-order valence-electron chi connectivity index (χ0n) is 11.1. The first-order chi connectivity index (χ1) is 8.36. The molecule has 0 aliphatic carbocycles. The van der Waals surface area contributed by atoms with Gasteiger partial charge in [-0.2, -0.15) is 0 Å². The lowest BCUT2D eigenvalue weighted by atomic mass is 10.2. The second kappa shape index (κ2) is 6.20. The molecule has 0 bridgehead atoms. The first-order valence-corrected chi connectivity index (χ1v) is 7.74. The van der Waals surface area contributed by atoms with Crippen molar-refractivity contribution in [1.29, 1.82) is 0 Å². The Kier molecular flexibility index (Phi) is 5.16. The van der Waals surface area contributed by atoms with Crippen LogP contribution >= 0.6 is 0 Å². The molecule has 0 aliphatic heterocycles. The van der Waals surface area contributed by atoms with Crippen LogP contribution in [0.3, 0.4) is 0 Å². The van der Waals surface area contributed by atoms with Crippen molar-refractivity contribution in [3.8, 4) is 0 Å². The minimum Gasteiger partial charge on any atom is -0.393 e. The summed E-state index contributed by atoms with van der Waals surface area (Å²) in [5.74, 6) is 0.115. The highest BCUT2D eigenvalue weighted by Crippen LogP contribution is 2.18. The summed E-state index contributed by atoms with van der Waals surface area (Å²) in [5.41, 5.74) is 0.950. The molecule has 1 aromatic rings. The minimum absolute atomic E-state index is 0.115. The van der Waals surface area contributed by atoms with Crippen molar-refractivity contribution in [2.24, 2.45) is 0 Å². The smallest absolute Gasteiger partial charge is 0.178 e. The molecule has 5 heteroatoms. The molecule has 1 unspecified atom stereocenters. The van der Waals surface area contributed by atoms with E-state index < -0.39 is 9.84 Å². The Morgan fingerprint density at radius 2 is 1.83 bits per heavy atom. The molecule has 0 spiro atoms. The summed E-state index contributed by atoms with van der Waals surface area (Å²) in [4.78, 5) is 2.35. The molecule has 0 aliphatic rings. The topological polar surface area (TPSA) is 57.6 Å². The van der Waals surface area contributed by atoms with E-state index in [0.717, 1.165) is 12.2 Å². The second-order valence-corrected chi connectivity index (χ2v) is 6.73. The maximum Gasteiger partial charge on any atom is 0.178 e. The molecule has 0 heterocycles. The predicted octanol–water partition coefficient (Wildman–Crippen LogP) is 1.69. The molecule has 0 aromatic heterocycles. The van der Waals surface area contributed by atoms with Gasteiger partial charge in [0, 0.05) is 19.3 Å². The van der Waals surface area contributed by atoms with E-state index in [2.05, 4.69) is 0 Å². The van der Waals surface area contributed by atoms with Gasteiger partial charge >= 0.3 is 0 Å². The summed E-state index contributed by atoms with van der Waals surface area (Å²) in [7, 11) is -1.20. The van der Waals surface area contributed by atoms with Gasteiger partial charge < -0.3 is 10.0 Å². The monoisotopic (exact) mass is 271 g/mol. The van der Waals surface area contributed by atoms with E-state index in [1.165, 1.54) is 0 Å². The van der Waals surface area contributed by atoms with Gasteiger partial charge in [-0.05, 0) is 37.6 Å². The number of rotatable bonds is 6. The van der Waals surface area contributed by atoms with E-state index in [4.69, 9.17) is 0 Å². The summed E-state index contributed by atoms with van der Waals surface area (Å²) < 4.78 is 23.3. The number of aliphatic hydroxyl groups is 1. The minimum atomic E-state index is -3.12. The van der Waals surface area contributed by atoms with E-state index in [0.29, 0.717) is 11.3 Å². The first kappa shape index (κ1) is 15.0. The third-order valence-electron chi connectivity index (χ3n) is 2.90. The lowest BCUT2D eigenvalue weighted by Gasteiger charge is -2.20. The fourth-order valence-electron chi connectivity index (χ4n) is 1.58. The van der Waals surface area contributed by atoms with Gasteiger partial charge in [0.15, 0.2) is 9.84 Å². The van der Waals surface area contributed by atoms with Crippen LogP contribution in [0, 0.1) is 0 Å². The molecular weight excluding hydrogens is 250 g/mol. The van der Waals surface area contributed by atoms with Crippen LogP contribution in [-0.4, -0.2) is 39.0 Å². The third-order valence-corrected chi connectivity index (χ3v) is 4.65. The van der Waals surface area contributed by atoms with Gasteiger partial charge in [0.05, 0.1) is 16.8 Å². The number of nitrogens with zero attached hydrogens (tertiary/aromatic N) is 1. The van der Waals surface area contributed by atoms with Crippen LogP contribution in [0.5, 0.6) is 0 Å². The Balaban J connectivity index is 2.77. The van der Waals surface area contributed by atoms with E-state index in [1.807, 2.05) is 11.9 Å². The number of hydrogen-bond acceptors (Lipinski definition) is 4. The predicted molar refractivity (Wildman–Crippen MR) is 73.7 cm³/mol. The Labute approximate surface area is 109 Å². The Bertz CT molecular complexity index is 466. The van der Waals surface area contributed by atoms with Crippen molar-refractivity contribution in [3.63, 3.8) is 0 Å². The molecule has 1 atom stereocenters. The van der Waals surface area contributed by atoms with Crippen LogP contribution in [0.25, 0.3) is 0 Å². The zero-order valence-corrected chi connectivity index (χ0v) is 11.9. The van der Waals surface area contributed by atoms with Crippen LogP contribution in [0.2, 0.25) is 0 Å². The molecular formula is C13H21NO3S. The lowest BCUT2D eigenvalue weighted by Crippen LogP contribution is -2.21. The van der Waals surface area contributed by atoms with E-state index in [1.54, 1.807) is 38.1 Å². The number of benzene rings is 1. The summed E-state index contributed by atoms with van der Waals surface area (Å²) in [5, 5.41) is 9.22. The van der Waals surface area contributed by atoms with Crippen molar-refractivity contribution in [2.45, 2.75) is 31.3 Å². The van der Waals surface area contributed by atoms with Crippen LogP contribution in [-0.2, 0) is 9.84 Å². The van der Waals surface area contributed by atoms with Crippen molar-refractivity contribution in [1.82, 2.24) is 0 Å². The number of sulfone groups is 1. The quantitative estimate of drug-likeness (QED) is 0.855. The number of anilines is 1. The Morgan fingerprint density at radius 1 is 1.28 bits per heavy atom. The van der Waals surface area contributed by atoms with Gasteiger partial charge in [-0.1, -0.05) is 6.92 Å². The maximum atomic E-state index is 11.7. The van der Waals surface area contributed by atoms with Crippen molar-refractivity contribution in [2.75, 3.05) is 24.2 Å². The molecule has 1 aromatic carbocycles. The summed E-state index contributed by atoms with van der Waals surface area (Å²) in [6.07, 6.45) is 0.359. The van der Waals surface area contributed by atoms with Crippen LogP contribution < -0.4 is 4.90 Å². The molecule has 4 nitrogen and oxygen atoms in total. The lowest BCUT2D eigenvalue weighted by molar-refractivity contribution is 0.187.